The van der Waals surface area contributed by atoms with Gasteiger partial charge in [0.05, 0.1) is 12.2 Å². The predicted molar refractivity (Wildman–Crippen MR) is 62.1 cm³/mol. The average molecular weight is 277 g/mol. The van der Waals surface area contributed by atoms with Crippen LogP contribution >= 0.6 is 0 Å². The Bertz CT molecular complexity index is 334. The minimum Gasteiger partial charge on any atom is -0.481 e. The third kappa shape index (κ3) is 4.13. The molecule has 0 aromatic heterocycles. The van der Waals surface area contributed by atoms with E-state index in [4.69, 9.17) is 5.11 Å². The van der Waals surface area contributed by atoms with Crippen molar-refractivity contribution < 1.29 is 35.1 Å². The number of aliphatic hydroxyl groups is 4. The molecule has 19 heavy (non-hydrogen) atoms. The zero-order valence-corrected chi connectivity index (χ0v) is 10.3. The lowest BCUT2D eigenvalue weighted by Gasteiger charge is -2.39. The smallest absolute Gasteiger partial charge is 0.303 e. The third-order valence-corrected chi connectivity index (χ3v) is 3.16. The molecule has 0 aromatic rings. The number of nitrogens with one attached hydrogen (secondary N) is 1. The Morgan fingerprint density at radius 3 is 2.16 bits per heavy atom. The minimum absolute atomic E-state index is 0.0716. The van der Waals surface area contributed by atoms with Gasteiger partial charge < -0.3 is 30.8 Å². The molecule has 0 bridgehead atoms. The van der Waals surface area contributed by atoms with Crippen molar-refractivity contribution >= 4 is 11.9 Å². The van der Waals surface area contributed by atoms with Gasteiger partial charge in [-0.1, -0.05) is 0 Å². The molecule has 0 aromatic carbocycles. The summed E-state index contributed by atoms with van der Waals surface area (Å²) < 4.78 is 0. The maximum absolute atomic E-state index is 11.7. The molecule has 1 rings (SSSR count). The Hall–Kier alpha value is -1.22. The van der Waals surface area contributed by atoms with Gasteiger partial charge in [0.15, 0.2) is 0 Å². The summed E-state index contributed by atoms with van der Waals surface area (Å²) in [5.74, 6) is -1.78. The topological polar surface area (TPSA) is 147 Å². The largest absolute Gasteiger partial charge is 0.481 e. The minimum atomic E-state index is -1.96. The fraction of sp³-hybridized carbons (Fsp3) is 0.818. The summed E-state index contributed by atoms with van der Waals surface area (Å²) in [7, 11) is 0. The molecule has 1 amide bonds. The summed E-state index contributed by atoms with van der Waals surface area (Å²) >= 11 is 0. The maximum Gasteiger partial charge on any atom is 0.303 e. The summed E-state index contributed by atoms with van der Waals surface area (Å²) in [6.07, 6.45) is -4.82. The van der Waals surface area contributed by atoms with Crippen LogP contribution in [0.1, 0.15) is 25.7 Å². The first-order valence-corrected chi connectivity index (χ1v) is 6.03. The van der Waals surface area contributed by atoms with E-state index >= 15 is 0 Å². The van der Waals surface area contributed by atoms with E-state index in [-0.39, 0.29) is 32.2 Å². The van der Waals surface area contributed by atoms with E-state index in [1.54, 1.807) is 0 Å². The van der Waals surface area contributed by atoms with Gasteiger partial charge in [-0.3, -0.25) is 9.59 Å². The monoisotopic (exact) mass is 277 g/mol. The zero-order valence-electron chi connectivity index (χ0n) is 10.3. The summed E-state index contributed by atoms with van der Waals surface area (Å²) in [4.78, 5) is 22.0. The van der Waals surface area contributed by atoms with E-state index < -0.39 is 35.8 Å². The standard InChI is InChI=1S/C11H19NO7/c13-6-4-11(19,5-7(14)9(6)17)10(18)12-3-1-2-8(15)16/h6-7,9,13-14,17,19H,1-5H2,(H,12,18)(H,15,16)/t6-,7-,9?,11?/m1/s1. The van der Waals surface area contributed by atoms with Gasteiger partial charge >= 0.3 is 5.97 Å². The van der Waals surface area contributed by atoms with E-state index in [9.17, 15) is 30.0 Å². The van der Waals surface area contributed by atoms with Gasteiger partial charge in [0, 0.05) is 25.8 Å². The number of amides is 1. The molecule has 0 spiro atoms. The highest BCUT2D eigenvalue weighted by Crippen LogP contribution is 2.29. The number of carbonyl (C=O) groups is 2. The zero-order chi connectivity index (χ0) is 14.6. The van der Waals surface area contributed by atoms with E-state index in [2.05, 4.69) is 5.32 Å². The van der Waals surface area contributed by atoms with Crippen molar-refractivity contribution in [2.75, 3.05) is 6.54 Å². The molecule has 6 N–H and O–H groups in total. The number of hydrogen-bond acceptors (Lipinski definition) is 6. The van der Waals surface area contributed by atoms with Crippen LogP contribution in [0.4, 0.5) is 0 Å². The predicted octanol–water partition coefficient (Wildman–Crippen LogP) is -2.42. The molecular weight excluding hydrogens is 258 g/mol. The quantitative estimate of drug-likeness (QED) is 0.306. The molecule has 0 aliphatic heterocycles. The van der Waals surface area contributed by atoms with Gasteiger partial charge in [-0.15, -0.1) is 0 Å². The summed E-state index contributed by atoms with van der Waals surface area (Å²) in [6, 6.07) is 0. The number of carbonyl (C=O) groups excluding carboxylic acids is 1. The van der Waals surface area contributed by atoms with E-state index in [0.717, 1.165) is 0 Å². The second-order valence-corrected chi connectivity index (χ2v) is 4.82. The van der Waals surface area contributed by atoms with Crippen LogP contribution in [0.5, 0.6) is 0 Å². The molecule has 1 aliphatic rings. The average Bonchev–Trinajstić information content (AvgIpc) is 2.31. The van der Waals surface area contributed by atoms with Crippen LogP contribution in [0.15, 0.2) is 0 Å². The van der Waals surface area contributed by atoms with Crippen molar-refractivity contribution in [1.29, 1.82) is 0 Å². The normalized spacial score (nSPS) is 34.8. The van der Waals surface area contributed by atoms with Crippen LogP contribution in [0, 0.1) is 0 Å². The van der Waals surface area contributed by atoms with Gasteiger partial charge in [0.25, 0.3) is 5.91 Å². The Labute approximate surface area is 109 Å². The van der Waals surface area contributed by atoms with Gasteiger partial charge in [-0.25, -0.2) is 0 Å². The number of aliphatic hydroxyl groups excluding tert-OH is 3. The molecule has 1 fully saturated rings. The first-order chi connectivity index (χ1) is 8.76. The number of carboxylic acid groups (broad SMARTS) is 1. The Kier molecular flexibility index (Phi) is 5.24. The summed E-state index contributed by atoms with van der Waals surface area (Å²) in [6.45, 7) is 0.0716. The molecule has 0 radical (unpaired) electrons. The van der Waals surface area contributed by atoms with Crippen LogP contribution in [-0.4, -0.2) is 67.9 Å². The van der Waals surface area contributed by atoms with Crippen molar-refractivity contribution in [1.82, 2.24) is 5.32 Å². The van der Waals surface area contributed by atoms with E-state index in [0.29, 0.717) is 0 Å². The summed E-state index contributed by atoms with van der Waals surface area (Å²) in [5, 5.41) is 49.0. The lowest BCUT2D eigenvalue weighted by Crippen LogP contribution is -2.59. The van der Waals surface area contributed by atoms with Crippen molar-refractivity contribution in [2.45, 2.75) is 49.6 Å². The van der Waals surface area contributed by atoms with Crippen molar-refractivity contribution in [3.8, 4) is 0 Å². The van der Waals surface area contributed by atoms with Crippen molar-refractivity contribution in [3.63, 3.8) is 0 Å². The fourth-order valence-electron chi connectivity index (χ4n) is 2.06. The first-order valence-electron chi connectivity index (χ1n) is 6.03. The Morgan fingerprint density at radius 2 is 1.68 bits per heavy atom. The number of hydrogen-bond donors (Lipinski definition) is 6. The van der Waals surface area contributed by atoms with Gasteiger partial charge in [-0.05, 0) is 6.42 Å². The molecular formula is C11H19NO7. The highest BCUT2D eigenvalue weighted by Gasteiger charge is 2.48. The van der Waals surface area contributed by atoms with Crippen LogP contribution < -0.4 is 5.32 Å². The Balaban J connectivity index is 2.48. The molecule has 110 valence electrons. The SMILES string of the molecule is O=C(O)CCCNC(=O)C1(O)C[C@@H](O)C(O)[C@H](O)C1. The van der Waals surface area contributed by atoms with Crippen LogP contribution in [0.25, 0.3) is 0 Å². The number of aliphatic carboxylic acids is 1. The molecule has 1 saturated carbocycles. The molecule has 0 heterocycles. The van der Waals surface area contributed by atoms with E-state index in [1.807, 2.05) is 0 Å². The second kappa shape index (κ2) is 6.29. The van der Waals surface area contributed by atoms with Crippen LogP contribution in [0.2, 0.25) is 0 Å². The molecule has 0 saturated heterocycles. The molecule has 8 nitrogen and oxygen atoms in total. The third-order valence-electron chi connectivity index (χ3n) is 3.16. The van der Waals surface area contributed by atoms with Crippen molar-refractivity contribution in [2.24, 2.45) is 0 Å². The fourth-order valence-corrected chi connectivity index (χ4v) is 2.06. The first kappa shape index (κ1) is 15.8. The van der Waals surface area contributed by atoms with Crippen LogP contribution in [-0.2, 0) is 9.59 Å². The van der Waals surface area contributed by atoms with Gasteiger partial charge in [-0.2, -0.15) is 0 Å². The van der Waals surface area contributed by atoms with Gasteiger partial charge in [0.2, 0.25) is 0 Å². The highest BCUT2D eigenvalue weighted by molar-refractivity contribution is 5.85. The lowest BCUT2D eigenvalue weighted by molar-refractivity contribution is -0.172. The molecule has 0 unspecified atom stereocenters. The summed E-state index contributed by atoms with van der Waals surface area (Å²) in [5.41, 5.74) is -1.96. The molecule has 1 aliphatic carbocycles. The van der Waals surface area contributed by atoms with Gasteiger partial charge in [0.1, 0.15) is 11.7 Å². The maximum atomic E-state index is 11.7. The number of rotatable bonds is 5. The van der Waals surface area contributed by atoms with Crippen LogP contribution in [0.3, 0.4) is 0 Å². The molecule has 8 heteroatoms. The van der Waals surface area contributed by atoms with Crippen molar-refractivity contribution in [3.05, 3.63) is 0 Å². The molecule has 2 atom stereocenters. The lowest BCUT2D eigenvalue weighted by atomic mass is 9.79. The highest BCUT2D eigenvalue weighted by atomic mass is 16.4. The van der Waals surface area contributed by atoms with E-state index in [1.165, 1.54) is 0 Å². The second-order valence-electron chi connectivity index (χ2n) is 4.82. The number of carboxylic acids is 1. The Morgan fingerprint density at radius 1 is 1.16 bits per heavy atom.